The van der Waals surface area contributed by atoms with Gasteiger partial charge in [-0.25, -0.2) is 0 Å². The Morgan fingerprint density at radius 1 is 1.56 bits per heavy atom. The van der Waals surface area contributed by atoms with E-state index in [1.807, 2.05) is 43.0 Å². The first-order valence-electron chi connectivity index (χ1n) is 6.31. The first kappa shape index (κ1) is 13.1. The average molecular weight is 248 g/mol. The zero-order chi connectivity index (χ0) is 13.1. The molecule has 1 amide bonds. The molecule has 0 aromatic heterocycles. The Morgan fingerprint density at radius 3 is 3.00 bits per heavy atom. The van der Waals surface area contributed by atoms with Gasteiger partial charge in [0.15, 0.2) is 0 Å². The van der Waals surface area contributed by atoms with Crippen LogP contribution in [0.3, 0.4) is 0 Å². The summed E-state index contributed by atoms with van der Waals surface area (Å²) in [6.07, 6.45) is -0.0463. The molecule has 1 saturated heterocycles. The van der Waals surface area contributed by atoms with E-state index in [-0.39, 0.29) is 18.1 Å². The molecule has 4 nitrogen and oxygen atoms in total. The molecule has 2 rings (SSSR count). The molecule has 1 heterocycles. The van der Waals surface area contributed by atoms with Gasteiger partial charge in [-0.05, 0) is 26.0 Å². The molecule has 0 radical (unpaired) electrons. The Balaban J connectivity index is 2.16. The van der Waals surface area contributed by atoms with Crippen molar-refractivity contribution in [1.82, 2.24) is 4.90 Å². The van der Waals surface area contributed by atoms with Gasteiger partial charge in [0.2, 0.25) is 0 Å². The Morgan fingerprint density at radius 2 is 2.33 bits per heavy atom. The van der Waals surface area contributed by atoms with E-state index < -0.39 is 0 Å². The lowest BCUT2D eigenvalue weighted by Crippen LogP contribution is -2.52. The molecule has 18 heavy (non-hydrogen) atoms. The van der Waals surface area contributed by atoms with Crippen LogP contribution in [0.2, 0.25) is 0 Å². The summed E-state index contributed by atoms with van der Waals surface area (Å²) >= 11 is 0. The molecule has 0 bridgehead atoms. The number of nitrogens with two attached hydrogens (primary N) is 1. The fraction of sp³-hybridized carbons (Fsp3) is 0.500. The molecule has 0 saturated carbocycles. The quantitative estimate of drug-likeness (QED) is 0.855. The van der Waals surface area contributed by atoms with Gasteiger partial charge in [0, 0.05) is 18.7 Å². The van der Waals surface area contributed by atoms with Crippen molar-refractivity contribution in [3.63, 3.8) is 0 Å². The lowest BCUT2D eigenvalue weighted by atomic mass is 10.1. The minimum absolute atomic E-state index is 0.0463. The maximum atomic E-state index is 12.5. The van der Waals surface area contributed by atoms with Crippen LogP contribution >= 0.6 is 0 Å². The molecule has 0 aliphatic carbocycles. The second-order valence-corrected chi connectivity index (χ2v) is 4.87. The van der Waals surface area contributed by atoms with E-state index in [2.05, 4.69) is 0 Å². The fourth-order valence-corrected chi connectivity index (χ4v) is 2.19. The molecule has 2 unspecified atom stereocenters. The van der Waals surface area contributed by atoms with E-state index in [1.165, 1.54) is 0 Å². The lowest BCUT2D eigenvalue weighted by Gasteiger charge is -2.37. The van der Waals surface area contributed by atoms with Gasteiger partial charge in [-0.3, -0.25) is 4.79 Å². The van der Waals surface area contributed by atoms with Crippen LogP contribution in [0.1, 0.15) is 22.8 Å². The molecule has 4 heteroatoms. The van der Waals surface area contributed by atoms with Crippen LogP contribution in [0, 0.1) is 6.92 Å². The summed E-state index contributed by atoms with van der Waals surface area (Å²) in [5.74, 6) is 0.0629. The predicted octanol–water partition coefficient (Wildman–Crippen LogP) is 1.18. The minimum Gasteiger partial charge on any atom is -0.373 e. The molecular weight excluding hydrogens is 228 g/mol. The van der Waals surface area contributed by atoms with Gasteiger partial charge in [-0.1, -0.05) is 17.7 Å². The van der Waals surface area contributed by atoms with Crippen molar-refractivity contribution in [2.45, 2.75) is 26.0 Å². The van der Waals surface area contributed by atoms with E-state index in [0.717, 1.165) is 11.1 Å². The van der Waals surface area contributed by atoms with Gasteiger partial charge in [0.1, 0.15) is 0 Å². The zero-order valence-corrected chi connectivity index (χ0v) is 10.9. The van der Waals surface area contributed by atoms with Gasteiger partial charge in [0.25, 0.3) is 5.91 Å². The maximum absolute atomic E-state index is 12.5. The maximum Gasteiger partial charge on any atom is 0.254 e. The van der Waals surface area contributed by atoms with Crippen LogP contribution in [0.15, 0.2) is 24.3 Å². The van der Waals surface area contributed by atoms with Crippen molar-refractivity contribution >= 4 is 5.91 Å². The Hall–Kier alpha value is -1.39. The van der Waals surface area contributed by atoms with Gasteiger partial charge in [-0.2, -0.15) is 0 Å². The number of aryl methyl sites for hydroxylation is 1. The number of nitrogens with zero attached hydrogens (tertiary/aromatic N) is 1. The van der Waals surface area contributed by atoms with Crippen LogP contribution < -0.4 is 5.73 Å². The number of morpholine rings is 1. The fourth-order valence-electron chi connectivity index (χ4n) is 2.19. The standard InChI is InChI=1S/C14H20N2O2/c1-10-4-3-5-12(6-10)14(17)16-8-13(7-15)18-9-11(16)2/h3-6,11,13H,7-9,15H2,1-2H3. The highest BCUT2D eigenvalue weighted by molar-refractivity contribution is 5.94. The summed E-state index contributed by atoms with van der Waals surface area (Å²) < 4.78 is 5.56. The highest BCUT2D eigenvalue weighted by atomic mass is 16.5. The Bertz CT molecular complexity index is 434. The highest BCUT2D eigenvalue weighted by Crippen LogP contribution is 2.16. The minimum atomic E-state index is -0.0463. The van der Waals surface area contributed by atoms with E-state index >= 15 is 0 Å². The number of ether oxygens (including phenoxy) is 1. The summed E-state index contributed by atoms with van der Waals surface area (Å²) in [7, 11) is 0. The number of hydrogen-bond acceptors (Lipinski definition) is 3. The molecule has 0 spiro atoms. The number of amides is 1. The Kier molecular flexibility index (Phi) is 3.99. The van der Waals surface area contributed by atoms with E-state index in [0.29, 0.717) is 19.7 Å². The molecule has 2 N–H and O–H groups in total. The average Bonchev–Trinajstić information content (AvgIpc) is 2.38. The summed E-state index contributed by atoms with van der Waals surface area (Å²) in [6.45, 7) is 5.57. The molecule has 1 aliphatic heterocycles. The molecule has 2 atom stereocenters. The van der Waals surface area contributed by atoms with Crippen LogP contribution in [0.25, 0.3) is 0 Å². The van der Waals surface area contributed by atoms with E-state index in [1.54, 1.807) is 0 Å². The van der Waals surface area contributed by atoms with Crippen LogP contribution in [-0.4, -0.2) is 42.6 Å². The zero-order valence-electron chi connectivity index (χ0n) is 10.9. The van der Waals surface area contributed by atoms with Crippen molar-refractivity contribution in [2.24, 2.45) is 5.73 Å². The second-order valence-electron chi connectivity index (χ2n) is 4.87. The number of rotatable bonds is 2. The van der Waals surface area contributed by atoms with Gasteiger partial charge in [-0.15, -0.1) is 0 Å². The Labute approximate surface area is 108 Å². The third-order valence-corrected chi connectivity index (χ3v) is 3.29. The molecular formula is C14H20N2O2. The van der Waals surface area contributed by atoms with Crippen LogP contribution in [-0.2, 0) is 4.74 Å². The molecule has 1 aliphatic rings. The molecule has 98 valence electrons. The summed E-state index contributed by atoms with van der Waals surface area (Å²) in [6, 6.07) is 7.77. The van der Waals surface area contributed by atoms with Crippen molar-refractivity contribution in [1.29, 1.82) is 0 Å². The topological polar surface area (TPSA) is 55.6 Å². The van der Waals surface area contributed by atoms with Gasteiger partial charge < -0.3 is 15.4 Å². The third-order valence-electron chi connectivity index (χ3n) is 3.29. The SMILES string of the molecule is Cc1cccc(C(=O)N2CC(CN)OCC2C)c1. The lowest BCUT2D eigenvalue weighted by molar-refractivity contribution is -0.0426. The van der Waals surface area contributed by atoms with Crippen LogP contribution in [0.4, 0.5) is 0 Å². The predicted molar refractivity (Wildman–Crippen MR) is 70.5 cm³/mol. The third kappa shape index (κ3) is 2.71. The van der Waals surface area contributed by atoms with Crippen molar-refractivity contribution < 1.29 is 9.53 Å². The molecule has 1 fully saturated rings. The van der Waals surface area contributed by atoms with Crippen molar-refractivity contribution in [3.8, 4) is 0 Å². The summed E-state index contributed by atoms with van der Waals surface area (Å²) in [5, 5.41) is 0. The first-order valence-corrected chi connectivity index (χ1v) is 6.31. The van der Waals surface area contributed by atoms with E-state index in [4.69, 9.17) is 10.5 Å². The van der Waals surface area contributed by atoms with Gasteiger partial charge >= 0.3 is 0 Å². The van der Waals surface area contributed by atoms with E-state index in [9.17, 15) is 4.79 Å². The monoisotopic (exact) mass is 248 g/mol. The van der Waals surface area contributed by atoms with Crippen molar-refractivity contribution in [3.05, 3.63) is 35.4 Å². The molecule has 1 aromatic rings. The number of carbonyl (C=O) groups excluding carboxylic acids is 1. The number of carbonyl (C=O) groups is 1. The largest absolute Gasteiger partial charge is 0.373 e. The summed E-state index contributed by atoms with van der Waals surface area (Å²) in [4.78, 5) is 14.3. The van der Waals surface area contributed by atoms with Crippen molar-refractivity contribution in [2.75, 3.05) is 19.7 Å². The van der Waals surface area contributed by atoms with Crippen LogP contribution in [0.5, 0.6) is 0 Å². The second kappa shape index (κ2) is 5.50. The molecule has 1 aromatic carbocycles. The number of benzene rings is 1. The summed E-state index contributed by atoms with van der Waals surface area (Å²) in [5.41, 5.74) is 7.44. The highest BCUT2D eigenvalue weighted by Gasteiger charge is 2.29. The van der Waals surface area contributed by atoms with Gasteiger partial charge in [0.05, 0.1) is 18.8 Å². The smallest absolute Gasteiger partial charge is 0.254 e. The first-order chi connectivity index (χ1) is 8.61. The number of hydrogen-bond donors (Lipinski definition) is 1. The normalized spacial score (nSPS) is 24.1.